The van der Waals surface area contributed by atoms with Crippen molar-refractivity contribution in [3.63, 3.8) is 0 Å². The van der Waals surface area contributed by atoms with Gasteiger partial charge >= 0.3 is 0 Å². The molecule has 1 saturated carbocycles. The second-order valence-corrected chi connectivity index (χ2v) is 5.96. The first-order valence-electron chi connectivity index (χ1n) is 7.37. The highest BCUT2D eigenvalue weighted by Gasteiger charge is 2.39. The number of likely N-dealkylation sites (tertiary alicyclic amines) is 1. The molecule has 1 aliphatic carbocycles. The summed E-state index contributed by atoms with van der Waals surface area (Å²) in [7, 11) is 0. The number of piperidine rings is 1. The van der Waals surface area contributed by atoms with Crippen LogP contribution in [-0.2, 0) is 4.79 Å². The third-order valence-electron chi connectivity index (χ3n) is 4.96. The summed E-state index contributed by atoms with van der Waals surface area (Å²) in [6.45, 7) is 3.08. The maximum atomic E-state index is 12.6. The molecule has 1 atom stereocenters. The van der Waals surface area contributed by atoms with E-state index in [4.69, 9.17) is 0 Å². The minimum atomic E-state index is 0.317. The molecule has 0 radical (unpaired) electrons. The molecule has 3 heteroatoms. The molecule has 3 rings (SSSR count). The van der Waals surface area contributed by atoms with Crippen molar-refractivity contribution in [1.82, 2.24) is 10.2 Å². The second kappa shape index (κ2) is 4.97. The lowest BCUT2D eigenvalue weighted by atomic mass is 9.78. The zero-order valence-electron chi connectivity index (χ0n) is 10.7. The standard InChI is InChI=1S/C14H24N2O/c17-14(12-6-8-15-9-7-12)16-10-2-5-13(16)11-3-1-4-11/h11-13,15H,1-10H2. The lowest BCUT2D eigenvalue weighted by molar-refractivity contribution is -0.138. The Morgan fingerprint density at radius 1 is 1.00 bits per heavy atom. The molecule has 2 saturated heterocycles. The van der Waals surface area contributed by atoms with Crippen LogP contribution < -0.4 is 5.32 Å². The Morgan fingerprint density at radius 2 is 1.76 bits per heavy atom. The first-order valence-corrected chi connectivity index (χ1v) is 7.37. The van der Waals surface area contributed by atoms with Crippen LogP contribution in [0.3, 0.4) is 0 Å². The van der Waals surface area contributed by atoms with Gasteiger partial charge in [0.05, 0.1) is 0 Å². The summed E-state index contributed by atoms with van der Waals surface area (Å²) in [6, 6.07) is 0.603. The molecule has 3 aliphatic rings. The van der Waals surface area contributed by atoms with Crippen LogP contribution >= 0.6 is 0 Å². The van der Waals surface area contributed by atoms with Crippen LogP contribution in [0.2, 0.25) is 0 Å². The molecule has 0 aromatic carbocycles. The van der Waals surface area contributed by atoms with Crippen molar-refractivity contribution in [1.29, 1.82) is 0 Å². The van der Waals surface area contributed by atoms with E-state index in [2.05, 4.69) is 10.2 Å². The summed E-state index contributed by atoms with van der Waals surface area (Å²) in [5.41, 5.74) is 0. The lowest BCUT2D eigenvalue weighted by Crippen LogP contribution is -2.46. The molecule has 3 fully saturated rings. The van der Waals surface area contributed by atoms with Gasteiger partial charge in [0.25, 0.3) is 0 Å². The van der Waals surface area contributed by atoms with Crippen molar-refractivity contribution in [2.24, 2.45) is 11.8 Å². The molecule has 0 aromatic heterocycles. The fourth-order valence-electron chi connectivity index (χ4n) is 3.68. The summed E-state index contributed by atoms with van der Waals surface area (Å²) in [4.78, 5) is 14.8. The van der Waals surface area contributed by atoms with E-state index in [0.717, 1.165) is 38.4 Å². The summed E-state index contributed by atoms with van der Waals surface area (Å²) < 4.78 is 0. The first-order chi connectivity index (χ1) is 8.36. The van der Waals surface area contributed by atoms with Gasteiger partial charge in [-0.1, -0.05) is 6.42 Å². The van der Waals surface area contributed by atoms with Gasteiger partial charge in [0.15, 0.2) is 0 Å². The highest BCUT2D eigenvalue weighted by Crippen LogP contribution is 2.38. The number of nitrogens with one attached hydrogen (secondary N) is 1. The van der Waals surface area contributed by atoms with E-state index in [1.165, 1.54) is 32.1 Å². The fraction of sp³-hybridized carbons (Fsp3) is 0.929. The Balaban J connectivity index is 1.62. The molecule has 2 heterocycles. The third-order valence-corrected chi connectivity index (χ3v) is 4.96. The van der Waals surface area contributed by atoms with Crippen LogP contribution in [0.1, 0.15) is 44.9 Å². The Bertz CT molecular complexity index is 282. The van der Waals surface area contributed by atoms with Gasteiger partial charge in [-0.15, -0.1) is 0 Å². The average Bonchev–Trinajstić information content (AvgIpc) is 2.76. The largest absolute Gasteiger partial charge is 0.339 e. The molecular weight excluding hydrogens is 212 g/mol. The van der Waals surface area contributed by atoms with Crippen LogP contribution in [0.15, 0.2) is 0 Å². The van der Waals surface area contributed by atoms with E-state index in [1.54, 1.807) is 0 Å². The molecule has 0 bridgehead atoms. The predicted octanol–water partition coefficient (Wildman–Crippen LogP) is 1.78. The van der Waals surface area contributed by atoms with Gasteiger partial charge in [0.2, 0.25) is 5.91 Å². The molecular formula is C14H24N2O. The summed E-state index contributed by atoms with van der Waals surface area (Å²) in [5, 5.41) is 3.35. The maximum Gasteiger partial charge on any atom is 0.226 e. The van der Waals surface area contributed by atoms with Crippen molar-refractivity contribution in [3.05, 3.63) is 0 Å². The summed E-state index contributed by atoms with van der Waals surface area (Å²) in [5.74, 6) is 1.63. The van der Waals surface area contributed by atoms with Crippen LogP contribution in [0.5, 0.6) is 0 Å². The smallest absolute Gasteiger partial charge is 0.226 e. The first kappa shape index (κ1) is 11.5. The monoisotopic (exact) mass is 236 g/mol. The molecule has 1 amide bonds. The van der Waals surface area contributed by atoms with Gasteiger partial charge in [-0.25, -0.2) is 0 Å². The van der Waals surface area contributed by atoms with Crippen LogP contribution in [0.4, 0.5) is 0 Å². The Hall–Kier alpha value is -0.570. The normalized spacial score (nSPS) is 31.5. The van der Waals surface area contributed by atoms with Gasteiger partial charge in [0.1, 0.15) is 0 Å². The minimum absolute atomic E-state index is 0.317. The van der Waals surface area contributed by atoms with Crippen LogP contribution in [0, 0.1) is 11.8 Å². The Labute approximate surface area is 104 Å². The van der Waals surface area contributed by atoms with Crippen molar-refractivity contribution in [2.75, 3.05) is 19.6 Å². The third kappa shape index (κ3) is 2.22. The van der Waals surface area contributed by atoms with Gasteiger partial charge < -0.3 is 10.2 Å². The van der Waals surface area contributed by atoms with Crippen molar-refractivity contribution in [2.45, 2.75) is 51.0 Å². The maximum absolute atomic E-state index is 12.6. The van der Waals surface area contributed by atoms with Gasteiger partial charge in [-0.2, -0.15) is 0 Å². The molecule has 96 valence electrons. The molecule has 17 heavy (non-hydrogen) atoms. The topological polar surface area (TPSA) is 32.3 Å². The van der Waals surface area contributed by atoms with Crippen LogP contribution in [0.25, 0.3) is 0 Å². The van der Waals surface area contributed by atoms with E-state index in [0.29, 0.717) is 17.9 Å². The predicted molar refractivity (Wildman–Crippen MR) is 67.7 cm³/mol. The van der Waals surface area contributed by atoms with E-state index in [1.807, 2.05) is 0 Å². The minimum Gasteiger partial charge on any atom is -0.339 e. The molecule has 1 N–H and O–H groups in total. The number of hydrogen-bond acceptors (Lipinski definition) is 2. The average molecular weight is 236 g/mol. The molecule has 0 aromatic rings. The summed E-state index contributed by atoms with van der Waals surface area (Å²) >= 11 is 0. The quantitative estimate of drug-likeness (QED) is 0.792. The van der Waals surface area contributed by atoms with Gasteiger partial charge in [-0.05, 0) is 57.5 Å². The number of carbonyl (C=O) groups is 1. The molecule has 2 aliphatic heterocycles. The number of rotatable bonds is 2. The van der Waals surface area contributed by atoms with Crippen molar-refractivity contribution >= 4 is 5.91 Å². The molecule has 1 unspecified atom stereocenters. The van der Waals surface area contributed by atoms with Crippen molar-refractivity contribution in [3.8, 4) is 0 Å². The number of carbonyl (C=O) groups excluding carboxylic acids is 1. The van der Waals surface area contributed by atoms with Crippen molar-refractivity contribution < 1.29 is 4.79 Å². The van der Waals surface area contributed by atoms with E-state index in [9.17, 15) is 4.79 Å². The van der Waals surface area contributed by atoms with Crippen LogP contribution in [-0.4, -0.2) is 36.5 Å². The molecule has 0 spiro atoms. The Morgan fingerprint density at radius 3 is 2.41 bits per heavy atom. The SMILES string of the molecule is O=C(C1CCNCC1)N1CCCC1C1CCC1. The number of nitrogens with zero attached hydrogens (tertiary/aromatic N) is 1. The number of amides is 1. The highest BCUT2D eigenvalue weighted by molar-refractivity contribution is 5.79. The second-order valence-electron chi connectivity index (χ2n) is 5.96. The molecule has 3 nitrogen and oxygen atoms in total. The van der Waals surface area contributed by atoms with E-state index in [-0.39, 0.29) is 0 Å². The van der Waals surface area contributed by atoms with Gasteiger partial charge in [0, 0.05) is 18.5 Å². The number of hydrogen-bond donors (Lipinski definition) is 1. The Kier molecular flexibility index (Phi) is 3.37. The van der Waals surface area contributed by atoms with E-state index >= 15 is 0 Å². The lowest BCUT2D eigenvalue weighted by Gasteiger charge is -2.39. The zero-order valence-corrected chi connectivity index (χ0v) is 10.7. The zero-order chi connectivity index (χ0) is 11.7. The highest BCUT2D eigenvalue weighted by atomic mass is 16.2. The van der Waals surface area contributed by atoms with E-state index < -0.39 is 0 Å². The fourth-order valence-corrected chi connectivity index (χ4v) is 3.68. The van der Waals surface area contributed by atoms with Gasteiger partial charge in [-0.3, -0.25) is 4.79 Å². The summed E-state index contributed by atoms with van der Waals surface area (Å²) in [6.07, 6.45) is 8.70.